The molecule has 2 aromatic rings. The van der Waals surface area contributed by atoms with Gasteiger partial charge in [-0.15, -0.1) is 0 Å². The molecule has 2 aromatic heterocycles. The Kier molecular flexibility index (Phi) is 59.2. The van der Waals surface area contributed by atoms with Gasteiger partial charge >= 0.3 is 0 Å². The predicted octanol–water partition coefficient (Wildman–Crippen LogP) is -2.95. The number of carbonyl (C=O) groups is 15. The number of guanidine groups is 1. The Morgan fingerprint density at radius 1 is 0.357 bits per heavy atom. The summed E-state index contributed by atoms with van der Waals surface area (Å²) in [6.07, 6.45) is 22.6. The van der Waals surface area contributed by atoms with E-state index in [1.165, 1.54) is 83.3 Å². The molecule has 0 aromatic carbocycles. The lowest BCUT2D eigenvalue weighted by Crippen LogP contribution is -2.60. The number of H-pyrrole nitrogens is 2. The highest BCUT2D eigenvalue weighted by Gasteiger charge is 2.37. The maximum atomic E-state index is 14.7. The third-order valence-corrected chi connectivity index (χ3v) is 21.0. The number of hydrogen-bond acceptors (Lipinski definition) is 24. The largest absolute Gasteiger partial charge is 0.394 e. The maximum Gasteiger partial charge on any atom is 0.245 e. The minimum atomic E-state index is -1.67. The van der Waals surface area contributed by atoms with Crippen LogP contribution in [0.3, 0.4) is 0 Å². The number of nitrogens with one attached hydrogen (secondary N) is 17. The first kappa shape index (κ1) is 112. The van der Waals surface area contributed by atoms with Gasteiger partial charge in [-0.1, -0.05) is 97.8 Å². The standard InChI is InChI=1S/C83H151N27O16/c1-5-6-7-8-9-10-11-12-13-14-15-16-17-35-69(113)100-65(45-55-47-93-51-97-55)81(125)110-67(50-111)82(126)107-61(33-22-27-42-88)75(119)103-58(30-19-24-39-85)73(117)96-49-70(114)101-66(46-56-48-94-52-98-56)80(124)108-63(36-37-68(89)112)78(122)105-60(32-21-26-41-87)76(120)106-62(34-28-43-95-83(91)92)77(121)104-59(31-20-25-40-86)74(118)99-54(4)72(116)109-64(44-53(2)3)79(123)102-57(71(90)115)29-18-23-38-84/h47-48,51-54,57-67,111H,5-46,49-50,84-88H2,1-4H3,(H2,89,112)(H2,90,115)(H,93,97)(H,94,98)(H,96,117)(H,99,118)(H,100,113)(H,101,114)(H,102,123)(H,103,119)(H,104,121)(H,105,122)(H,106,120)(H,107,126)(H,108,124)(H,109,116)(H,110,125)(H4,91,92,95)/t54-,57-,58-,59-,60-,61-,62-,63-,64-,65-,66-,67-/m0/s1. The number of nitrogens with two attached hydrogens (primary N) is 8. The number of rotatable bonds is 74. The van der Waals surface area contributed by atoms with Crippen LogP contribution in [0.15, 0.2) is 25.0 Å². The number of aliphatic hydroxyl groups is 1. The van der Waals surface area contributed by atoms with Gasteiger partial charge in [-0.05, 0) is 174 Å². The van der Waals surface area contributed by atoms with Crippen LogP contribution in [-0.2, 0) is 84.8 Å². The van der Waals surface area contributed by atoms with Crippen LogP contribution in [-0.4, -0.2) is 245 Å². The lowest BCUT2D eigenvalue weighted by Gasteiger charge is -2.28. The molecule has 0 radical (unpaired) electrons. The maximum absolute atomic E-state index is 14.7. The van der Waals surface area contributed by atoms with E-state index in [0.29, 0.717) is 75.7 Å². The SMILES string of the molecule is CCCCCCCCCCCCCCCC(=O)N[C@@H](Cc1cnc[nH]1)C(=O)N[C@@H](CO)C(=O)N[C@@H](CCCCN)C(=O)N[C@@H](CCCCN)C(=O)NCC(=O)N[C@@H](Cc1cnc[nH]1)C(=O)N[C@@H](CCC(N)=O)C(=O)N[C@@H](CCCCN)C(=O)N[C@@H](CCCNC(=N)N)C(=O)N[C@@H](CCCCN)C(=O)N[C@@H](C)C(=O)N[C@@H](CC(C)C)C(=O)N[C@@H](CCCCN)C(N)=O. The first-order valence-electron chi connectivity index (χ1n) is 45.0. The molecule has 34 N–H and O–H groups in total. The molecule has 12 atom stereocenters. The second-order valence-electron chi connectivity index (χ2n) is 32.4. The third kappa shape index (κ3) is 49.4. The van der Waals surface area contributed by atoms with Crippen molar-refractivity contribution in [3.63, 3.8) is 0 Å². The number of aliphatic hydroxyl groups excluding tert-OH is 1. The molecule has 0 aliphatic heterocycles. The average Bonchev–Trinajstić information content (AvgIpc) is 0.906. The van der Waals surface area contributed by atoms with E-state index < -0.39 is 193 Å². The van der Waals surface area contributed by atoms with Crippen molar-refractivity contribution >= 4 is 94.6 Å². The van der Waals surface area contributed by atoms with E-state index in [2.05, 4.69) is 101 Å². The second kappa shape index (κ2) is 66.9. The predicted molar refractivity (Wildman–Crippen MR) is 475 cm³/mol. The smallest absolute Gasteiger partial charge is 0.245 e. The number of aromatic nitrogens is 4. The van der Waals surface area contributed by atoms with Crippen LogP contribution in [0.25, 0.3) is 0 Å². The quantitative estimate of drug-likeness (QED) is 0.0179. The number of aromatic amines is 2. The third-order valence-electron chi connectivity index (χ3n) is 21.0. The summed E-state index contributed by atoms with van der Waals surface area (Å²) < 4.78 is 0. The molecule has 0 bridgehead atoms. The van der Waals surface area contributed by atoms with E-state index in [-0.39, 0.29) is 122 Å². The molecule has 0 unspecified atom stereocenters. The highest BCUT2D eigenvalue weighted by Crippen LogP contribution is 2.17. The van der Waals surface area contributed by atoms with Crippen molar-refractivity contribution in [2.24, 2.45) is 51.8 Å². The van der Waals surface area contributed by atoms with Gasteiger partial charge in [-0.2, -0.15) is 0 Å². The van der Waals surface area contributed by atoms with Crippen molar-refractivity contribution in [2.75, 3.05) is 52.4 Å². The Labute approximate surface area is 740 Å². The first-order chi connectivity index (χ1) is 60.3. The van der Waals surface area contributed by atoms with E-state index in [1.54, 1.807) is 0 Å². The van der Waals surface area contributed by atoms with Crippen LogP contribution >= 0.6 is 0 Å². The van der Waals surface area contributed by atoms with Gasteiger partial charge in [0, 0.05) is 56.0 Å². The lowest BCUT2D eigenvalue weighted by atomic mass is 10.0. The highest BCUT2D eigenvalue weighted by atomic mass is 16.3. The monoisotopic (exact) mass is 1780 g/mol. The molecule has 43 nitrogen and oxygen atoms in total. The fraction of sp³-hybridized carbons (Fsp3) is 0.735. The number of primary amides is 2. The molecule has 0 aliphatic carbocycles. The number of carbonyl (C=O) groups excluding carboxylic acids is 15. The van der Waals surface area contributed by atoms with Gasteiger partial charge in [0.25, 0.3) is 0 Å². The molecule has 126 heavy (non-hydrogen) atoms. The summed E-state index contributed by atoms with van der Waals surface area (Å²) in [5.41, 5.74) is 46.5. The van der Waals surface area contributed by atoms with E-state index in [1.807, 2.05) is 13.8 Å². The number of hydrogen-bond donors (Lipinski definition) is 26. The van der Waals surface area contributed by atoms with E-state index >= 15 is 0 Å². The average molecular weight is 1780 g/mol. The van der Waals surface area contributed by atoms with Crippen molar-refractivity contribution < 1.29 is 77.0 Å². The fourth-order valence-corrected chi connectivity index (χ4v) is 13.7. The molecular weight excluding hydrogens is 1630 g/mol. The van der Waals surface area contributed by atoms with Gasteiger partial charge in [-0.3, -0.25) is 77.3 Å². The number of nitrogens with zero attached hydrogens (tertiary/aromatic N) is 2. The molecule has 0 fully saturated rings. The minimum Gasteiger partial charge on any atom is -0.394 e. The number of imidazole rings is 2. The lowest BCUT2D eigenvalue weighted by molar-refractivity contribution is -0.136. The highest BCUT2D eigenvalue weighted by molar-refractivity contribution is 6.00. The summed E-state index contributed by atoms with van der Waals surface area (Å²) in [6.45, 7) is 6.59. The summed E-state index contributed by atoms with van der Waals surface area (Å²) in [6, 6.07) is -16.7. The Balaban J connectivity index is 2.42. The molecule has 0 saturated heterocycles. The number of unbranched alkanes of at least 4 members (excludes halogenated alkanes) is 17. The van der Waals surface area contributed by atoms with Gasteiger partial charge in [-0.25, -0.2) is 9.97 Å². The summed E-state index contributed by atoms with van der Waals surface area (Å²) >= 11 is 0. The molecular formula is C83H151N27O16. The van der Waals surface area contributed by atoms with Crippen molar-refractivity contribution in [3.05, 3.63) is 36.4 Å². The number of amides is 15. The summed E-state index contributed by atoms with van der Waals surface area (Å²) in [5.74, 6) is -13.3. The fourth-order valence-electron chi connectivity index (χ4n) is 13.7. The normalized spacial score (nSPS) is 14.1. The van der Waals surface area contributed by atoms with Crippen molar-refractivity contribution in [2.45, 2.75) is 331 Å². The van der Waals surface area contributed by atoms with Crippen LogP contribution in [0.4, 0.5) is 0 Å². The zero-order valence-corrected chi connectivity index (χ0v) is 74.5. The zero-order chi connectivity index (χ0) is 93.6. The summed E-state index contributed by atoms with van der Waals surface area (Å²) in [5, 5.41) is 54.8. The molecule has 2 rings (SSSR count). The van der Waals surface area contributed by atoms with Crippen LogP contribution in [0, 0.1) is 11.3 Å². The Hall–Kier alpha value is -10.5. The molecule has 2 heterocycles. The summed E-state index contributed by atoms with van der Waals surface area (Å²) in [7, 11) is 0. The summed E-state index contributed by atoms with van der Waals surface area (Å²) in [4.78, 5) is 223. The van der Waals surface area contributed by atoms with Crippen molar-refractivity contribution in [1.29, 1.82) is 5.41 Å². The first-order valence-corrected chi connectivity index (χ1v) is 45.0. The molecule has 0 spiro atoms. The van der Waals surface area contributed by atoms with E-state index in [0.717, 1.165) is 25.7 Å². The van der Waals surface area contributed by atoms with Crippen LogP contribution < -0.4 is 120 Å². The van der Waals surface area contributed by atoms with Gasteiger partial charge < -0.3 is 135 Å². The van der Waals surface area contributed by atoms with Crippen LogP contribution in [0.5, 0.6) is 0 Å². The Morgan fingerprint density at radius 3 is 1.06 bits per heavy atom. The van der Waals surface area contributed by atoms with Crippen molar-refractivity contribution in [3.8, 4) is 0 Å². The molecule has 0 saturated carbocycles. The molecule has 43 heteroatoms. The zero-order valence-electron chi connectivity index (χ0n) is 74.5. The molecule has 15 amide bonds. The van der Waals surface area contributed by atoms with E-state index in [9.17, 15) is 77.0 Å². The van der Waals surface area contributed by atoms with Gasteiger partial charge in [0.1, 0.15) is 72.5 Å². The molecule has 0 aliphatic rings. The minimum absolute atomic E-state index is 0.0198. The van der Waals surface area contributed by atoms with Gasteiger partial charge in [0.05, 0.1) is 25.8 Å². The Bertz CT molecular complexity index is 3560. The van der Waals surface area contributed by atoms with Crippen molar-refractivity contribution in [1.82, 2.24) is 94.4 Å². The Morgan fingerprint density at radius 2 is 0.690 bits per heavy atom. The topological polar surface area (TPSA) is 734 Å². The van der Waals surface area contributed by atoms with Gasteiger partial charge in [0.2, 0.25) is 88.6 Å². The second-order valence-corrected chi connectivity index (χ2v) is 32.4. The van der Waals surface area contributed by atoms with Crippen LogP contribution in [0.2, 0.25) is 0 Å². The van der Waals surface area contributed by atoms with Crippen LogP contribution in [0.1, 0.15) is 257 Å². The van der Waals surface area contributed by atoms with Gasteiger partial charge in [0.15, 0.2) is 5.96 Å². The van der Waals surface area contributed by atoms with E-state index in [4.69, 9.17) is 51.3 Å². The molecule has 714 valence electrons.